The van der Waals surface area contributed by atoms with E-state index in [4.69, 9.17) is 42.9 Å². The highest BCUT2D eigenvalue weighted by atomic mass is 19.1. The predicted octanol–water partition coefficient (Wildman–Crippen LogP) is 3.92. The lowest BCUT2D eigenvalue weighted by molar-refractivity contribution is -0.141. The number of Topliss-reactive ketones (excluding diaryl/α,β-unsaturated/α-hetero) is 1. The maximum atomic E-state index is 15.2. The van der Waals surface area contributed by atoms with Crippen LogP contribution in [0.25, 0.3) is 11.3 Å². The second kappa shape index (κ2) is 35.3. The number of ketones is 1. The Morgan fingerprint density at radius 3 is 1.82 bits per heavy atom. The van der Waals surface area contributed by atoms with Crippen molar-refractivity contribution < 1.29 is 75.8 Å². The average molecular weight is 1100 g/mol. The van der Waals surface area contributed by atoms with Gasteiger partial charge in [-0.25, -0.2) is 13.8 Å². The molecule has 3 atom stereocenters. The third-order valence-corrected chi connectivity index (χ3v) is 12.8. The Bertz CT molecular complexity index is 2300. The number of ether oxygens (including phenoxy) is 8. The fourth-order valence-corrected chi connectivity index (χ4v) is 8.83. The quantitative estimate of drug-likeness (QED) is 0.0541. The van der Waals surface area contributed by atoms with Crippen molar-refractivity contribution in [3.8, 4) is 11.3 Å². The Kier molecular flexibility index (Phi) is 28.7. The molecular formula is C56H80F2N6O14. The zero-order valence-corrected chi connectivity index (χ0v) is 45.5. The lowest BCUT2D eigenvalue weighted by Crippen LogP contribution is -2.47. The van der Waals surface area contributed by atoms with Crippen molar-refractivity contribution >= 4 is 29.4 Å². The summed E-state index contributed by atoms with van der Waals surface area (Å²) in [6.45, 7) is 13.7. The summed E-state index contributed by atoms with van der Waals surface area (Å²) in [5, 5.41) is 16.7. The first-order valence-corrected chi connectivity index (χ1v) is 26.9. The SMILES string of the molecule is CC(C)(C)[C@H](c1nc(-c2cc(F)ccc2F)cn1Cc1ccccc1)N(CC1CNCC1CNC(=O)CCOCCOCCOCCOCCOCCOCCOCCOCCCC(=O)CCN1C(=O)C=CC1=O)C(=O)CO. The summed E-state index contributed by atoms with van der Waals surface area (Å²) in [4.78, 5) is 69.3. The van der Waals surface area contributed by atoms with E-state index < -0.39 is 35.6 Å². The van der Waals surface area contributed by atoms with Crippen LogP contribution in [0.15, 0.2) is 66.9 Å². The molecule has 2 aliphatic heterocycles. The molecule has 0 aliphatic carbocycles. The Morgan fingerprint density at radius 2 is 1.27 bits per heavy atom. The van der Waals surface area contributed by atoms with Gasteiger partial charge in [0.2, 0.25) is 11.8 Å². The molecule has 0 spiro atoms. The van der Waals surface area contributed by atoms with E-state index in [0.29, 0.717) is 144 Å². The van der Waals surface area contributed by atoms with Crippen LogP contribution in [-0.4, -0.2) is 199 Å². The Hall–Kier alpha value is -5.40. The van der Waals surface area contributed by atoms with Gasteiger partial charge in [-0.2, -0.15) is 0 Å². The highest BCUT2D eigenvalue weighted by Crippen LogP contribution is 2.40. The molecule has 2 aromatic carbocycles. The van der Waals surface area contributed by atoms with Crippen LogP contribution in [0.5, 0.6) is 0 Å². The molecular weight excluding hydrogens is 1020 g/mol. The molecule has 3 heterocycles. The summed E-state index contributed by atoms with van der Waals surface area (Å²) in [5.41, 5.74) is 0.543. The molecule has 78 heavy (non-hydrogen) atoms. The second-order valence-corrected chi connectivity index (χ2v) is 19.9. The Morgan fingerprint density at radius 1 is 0.731 bits per heavy atom. The zero-order chi connectivity index (χ0) is 56.0. The lowest BCUT2D eigenvalue weighted by atomic mass is 9.83. The first-order chi connectivity index (χ1) is 37.7. The molecule has 20 nitrogen and oxygen atoms in total. The smallest absolute Gasteiger partial charge is 0.253 e. The predicted molar refractivity (Wildman–Crippen MR) is 283 cm³/mol. The first kappa shape index (κ1) is 63.4. The number of amides is 4. The molecule has 0 saturated carbocycles. The number of carbonyl (C=O) groups excluding carboxylic acids is 5. The van der Waals surface area contributed by atoms with Crippen molar-refractivity contribution in [2.45, 2.75) is 59.0 Å². The van der Waals surface area contributed by atoms with Gasteiger partial charge in [-0.15, -0.1) is 0 Å². The normalized spacial score (nSPS) is 15.9. The van der Waals surface area contributed by atoms with Gasteiger partial charge >= 0.3 is 0 Å². The van der Waals surface area contributed by atoms with E-state index in [1.165, 1.54) is 12.2 Å². The number of rotatable bonds is 41. The number of hydrogen-bond acceptors (Lipinski definition) is 16. The van der Waals surface area contributed by atoms with Crippen LogP contribution in [0.4, 0.5) is 8.78 Å². The number of carbonyl (C=O) groups is 5. The van der Waals surface area contributed by atoms with Gasteiger partial charge in [-0.3, -0.25) is 28.9 Å². The lowest BCUT2D eigenvalue weighted by Gasteiger charge is -2.41. The molecule has 3 N–H and O–H groups in total. The second-order valence-electron chi connectivity index (χ2n) is 19.9. The minimum atomic E-state index is -0.737. The van der Waals surface area contributed by atoms with Crippen molar-refractivity contribution in [1.29, 1.82) is 0 Å². The van der Waals surface area contributed by atoms with Crippen LogP contribution >= 0.6 is 0 Å². The number of imide groups is 1. The van der Waals surface area contributed by atoms with Gasteiger partial charge in [0.05, 0.1) is 111 Å². The number of halogens is 2. The van der Waals surface area contributed by atoms with Crippen molar-refractivity contribution in [3.05, 3.63) is 89.9 Å². The Balaban J connectivity index is 0.852. The molecule has 432 valence electrons. The molecule has 1 fully saturated rings. The minimum absolute atomic E-state index is 0.000277. The summed E-state index contributed by atoms with van der Waals surface area (Å²) >= 11 is 0. The fraction of sp³-hybridized carbons (Fsp3) is 0.607. The molecule has 3 aromatic rings. The number of imidazole rings is 1. The number of nitrogens with zero attached hydrogens (tertiary/aromatic N) is 4. The van der Waals surface area contributed by atoms with Crippen LogP contribution in [0.1, 0.15) is 63.9 Å². The van der Waals surface area contributed by atoms with Gasteiger partial charge in [0.1, 0.15) is 29.8 Å². The van der Waals surface area contributed by atoms with E-state index in [-0.39, 0.29) is 79.1 Å². The highest BCUT2D eigenvalue weighted by Gasteiger charge is 2.41. The molecule has 0 radical (unpaired) electrons. The van der Waals surface area contributed by atoms with Crippen molar-refractivity contribution in [2.24, 2.45) is 17.3 Å². The maximum Gasteiger partial charge on any atom is 0.253 e. The summed E-state index contributed by atoms with van der Waals surface area (Å²) in [5.74, 6) is -2.33. The average Bonchev–Trinajstić information content (AvgIpc) is 4.24. The van der Waals surface area contributed by atoms with Gasteiger partial charge in [0, 0.05) is 89.1 Å². The Labute approximate surface area is 456 Å². The standard InChI is InChI=1S/C56H80F2N6O14/c1-56(2,3)54(55-61-49(47-34-45(57)11-12-48(47)58)40-62(55)38-42-8-5-4-6-9-42)64(53(70)41-65)39-44-36-59-35-43(44)37-60-50(67)16-19-72-21-23-74-25-27-76-29-31-78-33-32-77-30-28-75-26-24-73-22-20-71-18-7-10-46(66)15-17-63-51(68)13-14-52(63)69/h4-6,8-9,11-14,34,40,43-44,54,59,65H,7,10,15-33,35-39,41H2,1-3H3,(H,60,67)/t43?,44?,54-/m0/s1. The number of benzene rings is 2. The van der Waals surface area contributed by atoms with Crippen LogP contribution < -0.4 is 10.6 Å². The van der Waals surface area contributed by atoms with Crippen LogP contribution in [0, 0.1) is 28.9 Å². The van der Waals surface area contributed by atoms with E-state index in [1.54, 1.807) is 11.1 Å². The number of aliphatic hydroxyl groups is 1. The third-order valence-electron chi connectivity index (χ3n) is 12.8. The molecule has 5 rings (SSSR count). The molecule has 2 unspecified atom stereocenters. The number of aliphatic hydroxyl groups excluding tert-OH is 1. The van der Waals surface area contributed by atoms with E-state index in [2.05, 4.69) is 10.6 Å². The van der Waals surface area contributed by atoms with E-state index in [0.717, 1.165) is 28.7 Å². The van der Waals surface area contributed by atoms with Gasteiger partial charge < -0.3 is 63.1 Å². The molecule has 1 aromatic heterocycles. The molecule has 4 amide bonds. The molecule has 2 aliphatic rings. The third kappa shape index (κ3) is 22.8. The largest absolute Gasteiger partial charge is 0.387 e. The minimum Gasteiger partial charge on any atom is -0.387 e. The summed E-state index contributed by atoms with van der Waals surface area (Å²) in [6.07, 6.45) is 5.28. The number of hydrogen-bond donors (Lipinski definition) is 3. The van der Waals surface area contributed by atoms with E-state index in [9.17, 15) is 33.5 Å². The van der Waals surface area contributed by atoms with Gasteiger partial charge in [0.25, 0.3) is 11.8 Å². The number of nitrogens with one attached hydrogen (secondary N) is 2. The van der Waals surface area contributed by atoms with Crippen molar-refractivity contribution in [2.75, 3.05) is 145 Å². The van der Waals surface area contributed by atoms with E-state index in [1.807, 2.05) is 55.7 Å². The van der Waals surface area contributed by atoms with Gasteiger partial charge in [-0.1, -0.05) is 51.1 Å². The molecule has 22 heteroatoms. The molecule has 1 saturated heterocycles. The summed E-state index contributed by atoms with van der Waals surface area (Å²) in [7, 11) is 0. The molecule has 0 bridgehead atoms. The fourth-order valence-electron chi connectivity index (χ4n) is 8.83. The summed E-state index contributed by atoms with van der Waals surface area (Å²) < 4.78 is 75.7. The number of aromatic nitrogens is 2. The van der Waals surface area contributed by atoms with Crippen LogP contribution in [0.3, 0.4) is 0 Å². The monoisotopic (exact) mass is 1100 g/mol. The van der Waals surface area contributed by atoms with Crippen LogP contribution in [-0.2, 0) is 68.4 Å². The zero-order valence-electron chi connectivity index (χ0n) is 45.5. The maximum absolute atomic E-state index is 15.2. The topological polar surface area (TPSA) is 228 Å². The highest BCUT2D eigenvalue weighted by molar-refractivity contribution is 6.13. The van der Waals surface area contributed by atoms with Crippen molar-refractivity contribution in [3.63, 3.8) is 0 Å². The van der Waals surface area contributed by atoms with Crippen LogP contribution in [0.2, 0.25) is 0 Å². The first-order valence-electron chi connectivity index (χ1n) is 26.9. The van der Waals surface area contributed by atoms with E-state index >= 15 is 4.39 Å². The summed E-state index contributed by atoms with van der Waals surface area (Å²) in [6, 6.07) is 12.2. The van der Waals surface area contributed by atoms with Gasteiger partial charge in [-0.05, 0) is 47.4 Å². The van der Waals surface area contributed by atoms with Gasteiger partial charge in [0.15, 0.2) is 0 Å². The van der Waals surface area contributed by atoms with Crippen molar-refractivity contribution in [1.82, 2.24) is 30.0 Å².